The van der Waals surface area contributed by atoms with E-state index in [1.807, 2.05) is 0 Å². The van der Waals surface area contributed by atoms with Gasteiger partial charge in [0.2, 0.25) is 0 Å². The maximum atomic E-state index is 11.7. The second-order valence-corrected chi connectivity index (χ2v) is 5.42. The first-order chi connectivity index (χ1) is 9.65. The van der Waals surface area contributed by atoms with Gasteiger partial charge in [-0.05, 0) is 37.1 Å². The molecule has 1 aliphatic rings. The minimum Gasteiger partial charge on any atom is -0.452 e. The van der Waals surface area contributed by atoms with Gasteiger partial charge in [-0.25, -0.2) is 4.79 Å². The van der Waals surface area contributed by atoms with Crippen LogP contribution in [-0.4, -0.2) is 24.5 Å². The molecule has 1 fully saturated rings. The number of rotatable bonds is 4. The van der Waals surface area contributed by atoms with Crippen LogP contribution in [0.4, 0.5) is 0 Å². The van der Waals surface area contributed by atoms with Gasteiger partial charge < -0.3 is 10.1 Å². The summed E-state index contributed by atoms with van der Waals surface area (Å²) in [5, 5.41) is 3.45. The van der Waals surface area contributed by atoms with E-state index in [2.05, 4.69) is 5.32 Å². The van der Waals surface area contributed by atoms with Crippen LogP contribution < -0.4 is 5.32 Å². The number of benzene rings is 1. The average Bonchev–Trinajstić information content (AvgIpc) is 2.46. The van der Waals surface area contributed by atoms with Gasteiger partial charge in [-0.2, -0.15) is 0 Å². The van der Waals surface area contributed by atoms with Gasteiger partial charge in [0.25, 0.3) is 5.91 Å². The largest absolute Gasteiger partial charge is 0.452 e. The highest BCUT2D eigenvalue weighted by molar-refractivity contribution is 6.30. The highest BCUT2D eigenvalue weighted by Crippen LogP contribution is 2.17. The molecule has 0 aliphatic heterocycles. The Hall–Kier alpha value is -1.55. The maximum absolute atomic E-state index is 11.7. The standard InChI is InChI=1S/C15H18ClNO3/c16-12-8-6-11(7-9-12)15(19)20-10-14(18)17-13-4-2-1-3-5-13/h6-9,13H,1-5,10H2,(H,17,18). The second-order valence-electron chi connectivity index (χ2n) is 4.99. The smallest absolute Gasteiger partial charge is 0.338 e. The highest BCUT2D eigenvalue weighted by Gasteiger charge is 2.16. The number of nitrogens with one attached hydrogen (secondary N) is 1. The summed E-state index contributed by atoms with van der Waals surface area (Å²) in [6.07, 6.45) is 5.55. The van der Waals surface area contributed by atoms with Crippen molar-refractivity contribution < 1.29 is 14.3 Å². The molecule has 0 bridgehead atoms. The third kappa shape index (κ3) is 4.53. The molecular weight excluding hydrogens is 278 g/mol. The molecular formula is C15H18ClNO3. The van der Waals surface area contributed by atoms with Crippen LogP contribution in [-0.2, 0) is 9.53 Å². The van der Waals surface area contributed by atoms with Gasteiger partial charge in [0.05, 0.1) is 5.56 Å². The van der Waals surface area contributed by atoms with Crippen molar-refractivity contribution in [2.75, 3.05) is 6.61 Å². The number of carbonyl (C=O) groups is 2. The lowest BCUT2D eigenvalue weighted by Gasteiger charge is -2.22. The Morgan fingerprint density at radius 2 is 1.80 bits per heavy atom. The van der Waals surface area contributed by atoms with Gasteiger partial charge in [-0.3, -0.25) is 4.79 Å². The van der Waals surface area contributed by atoms with Gasteiger partial charge >= 0.3 is 5.97 Å². The summed E-state index contributed by atoms with van der Waals surface area (Å²) in [4.78, 5) is 23.4. The fourth-order valence-electron chi connectivity index (χ4n) is 2.32. The van der Waals surface area contributed by atoms with E-state index in [0.29, 0.717) is 10.6 Å². The lowest BCUT2D eigenvalue weighted by atomic mass is 9.95. The monoisotopic (exact) mass is 295 g/mol. The second kappa shape index (κ2) is 7.29. The molecule has 5 heteroatoms. The minimum absolute atomic E-state index is 0.227. The van der Waals surface area contributed by atoms with Gasteiger partial charge in [-0.1, -0.05) is 30.9 Å². The van der Waals surface area contributed by atoms with Crippen LogP contribution in [0.25, 0.3) is 0 Å². The summed E-state index contributed by atoms with van der Waals surface area (Å²) in [6, 6.07) is 6.60. The molecule has 0 atom stereocenters. The first kappa shape index (κ1) is 14.9. The van der Waals surface area contributed by atoms with Crippen molar-refractivity contribution in [1.82, 2.24) is 5.32 Å². The Bertz CT molecular complexity index is 467. The zero-order valence-corrected chi connectivity index (χ0v) is 12.0. The fourth-order valence-corrected chi connectivity index (χ4v) is 2.44. The third-order valence-corrected chi connectivity index (χ3v) is 3.64. The molecule has 4 nitrogen and oxygen atoms in total. The Balaban J connectivity index is 1.75. The molecule has 0 radical (unpaired) electrons. The van der Waals surface area contributed by atoms with Crippen LogP contribution in [0.15, 0.2) is 24.3 Å². The first-order valence-electron chi connectivity index (χ1n) is 6.87. The molecule has 0 saturated heterocycles. The SMILES string of the molecule is O=C(COC(=O)c1ccc(Cl)cc1)NC1CCCCC1. The van der Waals surface area contributed by atoms with Crippen LogP contribution in [0.1, 0.15) is 42.5 Å². The molecule has 1 saturated carbocycles. The number of halogens is 1. The number of hydrogen-bond donors (Lipinski definition) is 1. The van der Waals surface area contributed by atoms with Gasteiger partial charge in [0.1, 0.15) is 0 Å². The molecule has 2 rings (SSSR count). The van der Waals surface area contributed by atoms with Crippen LogP contribution in [0.3, 0.4) is 0 Å². The Morgan fingerprint density at radius 3 is 2.45 bits per heavy atom. The summed E-state index contributed by atoms with van der Waals surface area (Å²) in [5.41, 5.74) is 0.389. The van der Waals surface area contributed by atoms with Crippen molar-refractivity contribution in [3.05, 3.63) is 34.9 Å². The summed E-state index contributed by atoms with van der Waals surface area (Å²) in [5.74, 6) is -0.750. The number of carbonyl (C=O) groups excluding carboxylic acids is 2. The Kier molecular flexibility index (Phi) is 5.41. The minimum atomic E-state index is -0.513. The van der Waals surface area contributed by atoms with Crippen molar-refractivity contribution in [3.63, 3.8) is 0 Å². The van der Waals surface area contributed by atoms with E-state index >= 15 is 0 Å². The predicted octanol–water partition coefficient (Wildman–Crippen LogP) is 2.95. The van der Waals surface area contributed by atoms with Gasteiger partial charge in [-0.15, -0.1) is 0 Å². The van der Waals surface area contributed by atoms with Crippen LogP contribution >= 0.6 is 11.6 Å². The zero-order valence-electron chi connectivity index (χ0n) is 11.2. The van der Waals surface area contributed by atoms with Crippen LogP contribution in [0.2, 0.25) is 5.02 Å². The molecule has 0 heterocycles. The molecule has 20 heavy (non-hydrogen) atoms. The predicted molar refractivity (Wildman–Crippen MR) is 76.8 cm³/mol. The van der Waals surface area contributed by atoms with Crippen molar-refractivity contribution in [2.24, 2.45) is 0 Å². The Morgan fingerprint density at radius 1 is 1.15 bits per heavy atom. The van der Waals surface area contributed by atoms with Gasteiger partial charge in [0.15, 0.2) is 6.61 Å². The molecule has 1 aromatic rings. The molecule has 0 spiro atoms. The van der Waals surface area contributed by atoms with E-state index in [0.717, 1.165) is 25.7 Å². The van der Waals surface area contributed by atoms with Crippen molar-refractivity contribution in [3.8, 4) is 0 Å². The van der Waals surface area contributed by atoms with Crippen LogP contribution in [0, 0.1) is 0 Å². The summed E-state index contributed by atoms with van der Waals surface area (Å²) >= 11 is 5.74. The Labute approximate surface area is 123 Å². The summed E-state index contributed by atoms with van der Waals surface area (Å²) in [6.45, 7) is -0.238. The van der Waals surface area contributed by atoms with E-state index in [1.54, 1.807) is 24.3 Å². The number of esters is 1. The fraction of sp³-hybridized carbons (Fsp3) is 0.467. The molecule has 1 amide bonds. The molecule has 108 valence electrons. The van der Waals surface area contributed by atoms with Crippen molar-refractivity contribution >= 4 is 23.5 Å². The van der Waals surface area contributed by atoms with Gasteiger partial charge in [0, 0.05) is 11.1 Å². The first-order valence-corrected chi connectivity index (χ1v) is 7.25. The van der Waals surface area contributed by atoms with E-state index in [9.17, 15) is 9.59 Å². The van der Waals surface area contributed by atoms with E-state index < -0.39 is 5.97 Å². The normalized spacial score (nSPS) is 15.7. The molecule has 1 N–H and O–H groups in total. The van der Waals surface area contributed by atoms with Crippen molar-refractivity contribution in [2.45, 2.75) is 38.1 Å². The lowest BCUT2D eigenvalue weighted by Crippen LogP contribution is -2.38. The van der Waals surface area contributed by atoms with Crippen LogP contribution in [0.5, 0.6) is 0 Å². The van der Waals surface area contributed by atoms with Crippen molar-refractivity contribution in [1.29, 1.82) is 0 Å². The number of ether oxygens (including phenoxy) is 1. The zero-order chi connectivity index (χ0) is 14.4. The number of hydrogen-bond acceptors (Lipinski definition) is 3. The third-order valence-electron chi connectivity index (χ3n) is 3.38. The van der Waals surface area contributed by atoms with E-state index in [-0.39, 0.29) is 18.6 Å². The molecule has 1 aromatic carbocycles. The molecule has 1 aliphatic carbocycles. The molecule has 0 aromatic heterocycles. The molecule has 0 unspecified atom stereocenters. The highest BCUT2D eigenvalue weighted by atomic mass is 35.5. The summed E-state index contributed by atoms with van der Waals surface area (Å²) < 4.78 is 4.98. The quantitative estimate of drug-likeness (QED) is 0.869. The average molecular weight is 296 g/mol. The topological polar surface area (TPSA) is 55.4 Å². The summed E-state index contributed by atoms with van der Waals surface area (Å²) in [7, 11) is 0. The maximum Gasteiger partial charge on any atom is 0.338 e. The lowest BCUT2D eigenvalue weighted by molar-refractivity contribution is -0.125. The van der Waals surface area contributed by atoms with E-state index in [4.69, 9.17) is 16.3 Å². The number of amides is 1. The van der Waals surface area contributed by atoms with E-state index in [1.165, 1.54) is 6.42 Å².